The first-order valence-electron chi connectivity index (χ1n) is 14.7. The van der Waals surface area contributed by atoms with Crippen LogP contribution in [0.2, 0.25) is 0 Å². The number of aromatic hydroxyl groups is 1. The number of hydrogen-bond acceptors (Lipinski definition) is 3. The molecule has 0 amide bonds. The van der Waals surface area contributed by atoms with Gasteiger partial charge in [-0.2, -0.15) is 0 Å². The van der Waals surface area contributed by atoms with Crippen LogP contribution in [-0.4, -0.2) is 11.1 Å². The van der Waals surface area contributed by atoms with Crippen LogP contribution in [0.5, 0.6) is 11.5 Å². The van der Waals surface area contributed by atoms with E-state index in [1.807, 2.05) is 6.92 Å². The molecule has 3 nitrogen and oxygen atoms in total. The van der Waals surface area contributed by atoms with Crippen molar-refractivity contribution in [3.05, 3.63) is 56.6 Å². The van der Waals surface area contributed by atoms with E-state index in [1.54, 1.807) is 0 Å². The third-order valence-corrected chi connectivity index (χ3v) is 7.96. The van der Waals surface area contributed by atoms with Crippen molar-refractivity contribution in [2.24, 2.45) is 0 Å². The van der Waals surface area contributed by atoms with Crippen LogP contribution < -0.4 is 4.74 Å². The molecule has 0 aromatic heterocycles. The quantitative estimate of drug-likeness (QED) is 0.305. The van der Waals surface area contributed by atoms with E-state index in [0.29, 0.717) is 17.9 Å². The molecular weight excluding hydrogens is 480 g/mol. The largest absolute Gasteiger partial charge is 0.507 e. The Hall–Kier alpha value is -2.29. The van der Waals surface area contributed by atoms with E-state index in [4.69, 9.17) is 4.74 Å². The van der Waals surface area contributed by atoms with Crippen molar-refractivity contribution in [2.75, 3.05) is 0 Å². The summed E-state index contributed by atoms with van der Waals surface area (Å²) in [6, 6.07) is 4.45. The molecule has 2 aromatic carbocycles. The highest BCUT2D eigenvalue weighted by atomic mass is 16.5. The Morgan fingerprint density at radius 2 is 1.10 bits per heavy atom. The fourth-order valence-electron chi connectivity index (χ4n) is 5.93. The first kappa shape index (κ1) is 32.9. The van der Waals surface area contributed by atoms with Crippen LogP contribution in [0.25, 0.3) is 0 Å². The van der Waals surface area contributed by atoms with Crippen molar-refractivity contribution in [1.29, 1.82) is 0 Å². The normalized spacial score (nSPS) is 13.9. The van der Waals surface area contributed by atoms with Gasteiger partial charge in [0.05, 0.1) is 0 Å². The number of benzene rings is 2. The van der Waals surface area contributed by atoms with Gasteiger partial charge < -0.3 is 9.84 Å². The predicted octanol–water partition coefficient (Wildman–Crippen LogP) is 10.1. The van der Waals surface area contributed by atoms with Crippen molar-refractivity contribution >= 4 is 5.97 Å². The number of hydrogen-bond donors (Lipinski definition) is 1. The zero-order chi connectivity index (χ0) is 30.5. The Bertz CT molecular complexity index is 1180. The topological polar surface area (TPSA) is 46.5 Å². The summed E-state index contributed by atoms with van der Waals surface area (Å²) in [5, 5.41) is 11.9. The molecule has 218 valence electrons. The molecule has 0 heterocycles. The Morgan fingerprint density at radius 1 is 0.718 bits per heavy atom. The molecule has 39 heavy (non-hydrogen) atoms. The van der Waals surface area contributed by atoms with Crippen LogP contribution in [0.1, 0.15) is 160 Å². The maximum Gasteiger partial charge on any atom is 0.311 e. The number of ether oxygens (including phenoxy) is 1. The van der Waals surface area contributed by atoms with Gasteiger partial charge in [0.25, 0.3) is 0 Å². The molecule has 2 rings (SSSR count). The number of esters is 1. The molecule has 1 N–H and O–H groups in total. The third kappa shape index (κ3) is 6.90. The fourth-order valence-corrected chi connectivity index (χ4v) is 5.93. The average molecular weight is 537 g/mol. The number of rotatable bonds is 5. The smallest absolute Gasteiger partial charge is 0.311 e. The first-order chi connectivity index (χ1) is 17.4. The lowest BCUT2D eigenvalue weighted by Gasteiger charge is -2.35. The van der Waals surface area contributed by atoms with Gasteiger partial charge in [0.1, 0.15) is 11.5 Å². The molecule has 0 aliphatic carbocycles. The Morgan fingerprint density at radius 3 is 1.49 bits per heavy atom. The van der Waals surface area contributed by atoms with Crippen LogP contribution in [0.3, 0.4) is 0 Å². The molecule has 0 saturated heterocycles. The van der Waals surface area contributed by atoms with E-state index in [0.717, 1.165) is 39.8 Å². The van der Waals surface area contributed by atoms with E-state index >= 15 is 0 Å². The molecule has 3 heteroatoms. The van der Waals surface area contributed by atoms with Gasteiger partial charge in [-0.05, 0) is 69.7 Å². The average Bonchev–Trinajstić information content (AvgIpc) is 2.70. The zero-order valence-corrected chi connectivity index (χ0v) is 27.9. The molecule has 0 spiro atoms. The second kappa shape index (κ2) is 10.9. The van der Waals surface area contributed by atoms with E-state index in [-0.39, 0.29) is 33.5 Å². The van der Waals surface area contributed by atoms with Crippen molar-refractivity contribution < 1.29 is 14.6 Å². The molecule has 0 aliphatic rings. The van der Waals surface area contributed by atoms with Gasteiger partial charge in [-0.1, -0.05) is 109 Å². The monoisotopic (exact) mass is 536 g/mol. The maximum absolute atomic E-state index is 13.0. The van der Waals surface area contributed by atoms with E-state index < -0.39 is 0 Å². The standard InChI is InChI=1S/C36H56O3/c1-17-18-28(37)39-32-27(36(14,15)16)20-25(34(8,9)10)22(3)30(32)23(4)29-21(2)24(33(5,6)7)19-26(31(29)38)35(11,12)13/h19-20,23,38H,17-18H2,1-16H3. The minimum Gasteiger partial charge on any atom is -0.507 e. The molecule has 1 atom stereocenters. The molecule has 1 unspecified atom stereocenters. The minimum absolute atomic E-state index is 0.0957. The Labute approximate surface area is 239 Å². The van der Waals surface area contributed by atoms with Crippen molar-refractivity contribution in [3.63, 3.8) is 0 Å². The van der Waals surface area contributed by atoms with Gasteiger partial charge >= 0.3 is 5.97 Å². The van der Waals surface area contributed by atoms with Gasteiger partial charge in [-0.3, -0.25) is 4.79 Å². The van der Waals surface area contributed by atoms with E-state index in [2.05, 4.69) is 116 Å². The van der Waals surface area contributed by atoms with Gasteiger partial charge in [0.15, 0.2) is 0 Å². The highest BCUT2D eigenvalue weighted by molar-refractivity contribution is 5.75. The van der Waals surface area contributed by atoms with E-state index in [9.17, 15) is 9.90 Å². The SMILES string of the molecule is CCCC(=O)Oc1c(C(C)(C)C)cc(C(C)(C)C)c(C)c1C(C)c1c(C)c(C(C)(C)C)cc(C(C)(C)C)c1O. The predicted molar refractivity (Wildman–Crippen MR) is 167 cm³/mol. The summed E-state index contributed by atoms with van der Waals surface area (Å²) >= 11 is 0. The van der Waals surface area contributed by atoms with Crippen LogP contribution in [0.4, 0.5) is 0 Å². The van der Waals surface area contributed by atoms with Gasteiger partial charge in [0, 0.05) is 29.0 Å². The van der Waals surface area contributed by atoms with Crippen LogP contribution in [0, 0.1) is 13.8 Å². The molecule has 0 saturated carbocycles. The minimum atomic E-state index is -0.245. The Balaban J connectivity index is 3.17. The fraction of sp³-hybridized carbons (Fsp3) is 0.639. The second-order valence-corrected chi connectivity index (χ2v) is 15.6. The van der Waals surface area contributed by atoms with Gasteiger partial charge in [-0.15, -0.1) is 0 Å². The summed E-state index contributed by atoms with van der Waals surface area (Å²) in [5.41, 5.74) is 7.93. The summed E-state index contributed by atoms with van der Waals surface area (Å²) < 4.78 is 6.29. The number of carbonyl (C=O) groups is 1. The summed E-state index contributed by atoms with van der Waals surface area (Å²) in [4.78, 5) is 13.0. The lowest BCUT2D eigenvalue weighted by molar-refractivity contribution is -0.134. The number of carbonyl (C=O) groups excluding carboxylic acids is 1. The molecule has 0 fully saturated rings. The van der Waals surface area contributed by atoms with Crippen molar-refractivity contribution in [2.45, 2.75) is 151 Å². The number of phenolic OH excluding ortho intramolecular Hbond substituents is 1. The number of phenols is 1. The molecular formula is C36H56O3. The lowest BCUT2D eigenvalue weighted by atomic mass is 9.71. The van der Waals surface area contributed by atoms with Crippen LogP contribution in [0.15, 0.2) is 12.1 Å². The van der Waals surface area contributed by atoms with E-state index in [1.165, 1.54) is 11.1 Å². The van der Waals surface area contributed by atoms with Gasteiger partial charge in [-0.25, -0.2) is 0 Å². The first-order valence-corrected chi connectivity index (χ1v) is 14.7. The van der Waals surface area contributed by atoms with Crippen LogP contribution in [-0.2, 0) is 26.5 Å². The molecule has 0 bridgehead atoms. The van der Waals surface area contributed by atoms with Gasteiger partial charge in [0.2, 0.25) is 0 Å². The summed E-state index contributed by atoms with van der Waals surface area (Å²) in [7, 11) is 0. The maximum atomic E-state index is 13.0. The van der Waals surface area contributed by atoms with Crippen LogP contribution >= 0.6 is 0 Å². The Kier molecular flexibility index (Phi) is 9.23. The summed E-state index contributed by atoms with van der Waals surface area (Å²) in [5.74, 6) is 0.612. The molecule has 2 aromatic rings. The van der Waals surface area contributed by atoms with Crippen molar-refractivity contribution in [3.8, 4) is 11.5 Å². The molecule has 0 radical (unpaired) electrons. The third-order valence-electron chi connectivity index (χ3n) is 7.96. The summed E-state index contributed by atoms with van der Waals surface area (Å²) in [6.07, 6.45) is 1.10. The second-order valence-electron chi connectivity index (χ2n) is 15.6. The molecule has 0 aliphatic heterocycles. The summed E-state index contributed by atoms with van der Waals surface area (Å²) in [6.45, 7) is 34.8. The highest BCUT2D eigenvalue weighted by Gasteiger charge is 2.35. The lowest BCUT2D eigenvalue weighted by Crippen LogP contribution is -2.24. The highest BCUT2D eigenvalue weighted by Crippen LogP contribution is 2.50. The van der Waals surface area contributed by atoms with Crippen molar-refractivity contribution in [1.82, 2.24) is 0 Å². The zero-order valence-electron chi connectivity index (χ0n) is 27.9.